The van der Waals surface area contributed by atoms with Gasteiger partial charge in [-0.3, -0.25) is 4.90 Å². The molecule has 0 aliphatic carbocycles. The number of hydrogen-bond donors (Lipinski definition) is 1. The van der Waals surface area contributed by atoms with Gasteiger partial charge in [-0.1, -0.05) is 31.2 Å². The lowest BCUT2D eigenvalue weighted by atomic mass is 9.96. The average molecular weight is 390 g/mol. The summed E-state index contributed by atoms with van der Waals surface area (Å²) in [4.78, 5) is 4.54. The summed E-state index contributed by atoms with van der Waals surface area (Å²) in [6.45, 7) is 6.31. The van der Waals surface area contributed by atoms with Crippen molar-refractivity contribution in [3.63, 3.8) is 0 Å². The molecule has 144 valence electrons. The Balaban J connectivity index is 1.77. The molecule has 1 aliphatic rings. The number of hydrogen-bond acceptors (Lipinski definition) is 2. The Hall–Kier alpha value is -2.05. The van der Waals surface area contributed by atoms with E-state index >= 15 is 0 Å². The zero-order valence-electron chi connectivity index (χ0n) is 15.5. The molecule has 1 fully saturated rings. The number of piperazine rings is 1. The van der Waals surface area contributed by atoms with Crippen LogP contribution in [-0.4, -0.2) is 47.6 Å². The third-order valence-electron chi connectivity index (χ3n) is 4.86. The number of halogens is 2. The summed E-state index contributed by atoms with van der Waals surface area (Å²) < 4.78 is 26.8. The van der Waals surface area contributed by atoms with Gasteiger partial charge in [-0.2, -0.15) is 0 Å². The smallest absolute Gasteiger partial charge is 0.169 e. The molecule has 1 heterocycles. The van der Waals surface area contributed by atoms with E-state index in [1.807, 2.05) is 24.3 Å². The van der Waals surface area contributed by atoms with E-state index in [0.717, 1.165) is 55.4 Å². The molecule has 0 radical (unpaired) electrons. The average Bonchev–Trinajstić information content (AvgIpc) is 2.70. The molecular weight excluding hydrogens is 364 g/mol. The van der Waals surface area contributed by atoms with Gasteiger partial charge in [0.2, 0.25) is 0 Å². The van der Waals surface area contributed by atoms with E-state index in [1.54, 1.807) is 0 Å². The molecule has 0 saturated carbocycles. The molecule has 6 heteroatoms. The normalized spacial score (nSPS) is 15.2. The second-order valence-corrected chi connectivity index (χ2v) is 7.15. The Labute approximate surface area is 165 Å². The van der Waals surface area contributed by atoms with Crippen molar-refractivity contribution in [3.05, 3.63) is 71.3 Å². The minimum Gasteiger partial charge on any atom is -0.363 e. The maximum atomic E-state index is 13.4. The Kier molecular flexibility index (Phi) is 6.74. The minimum atomic E-state index is -0.256. The second kappa shape index (κ2) is 9.24. The first-order valence-corrected chi connectivity index (χ1v) is 9.77. The molecule has 0 unspecified atom stereocenters. The molecule has 1 N–H and O–H groups in total. The predicted molar refractivity (Wildman–Crippen MR) is 109 cm³/mol. The van der Waals surface area contributed by atoms with E-state index in [0.29, 0.717) is 0 Å². The van der Waals surface area contributed by atoms with Crippen LogP contribution in [0.3, 0.4) is 0 Å². The third kappa shape index (κ3) is 5.02. The second-order valence-electron chi connectivity index (χ2n) is 6.76. The highest BCUT2D eigenvalue weighted by molar-refractivity contribution is 7.80. The molecule has 0 amide bonds. The predicted octanol–water partition coefficient (Wildman–Crippen LogP) is 3.96. The van der Waals surface area contributed by atoms with Crippen molar-refractivity contribution in [2.45, 2.75) is 19.4 Å². The van der Waals surface area contributed by atoms with E-state index in [2.05, 4.69) is 22.0 Å². The van der Waals surface area contributed by atoms with Crippen molar-refractivity contribution in [1.29, 1.82) is 0 Å². The Bertz CT molecular complexity index is 696. The van der Waals surface area contributed by atoms with Crippen LogP contribution in [0.5, 0.6) is 0 Å². The molecule has 2 aromatic rings. The quantitative estimate of drug-likeness (QED) is 0.780. The highest BCUT2D eigenvalue weighted by Crippen LogP contribution is 2.30. The van der Waals surface area contributed by atoms with Crippen molar-refractivity contribution in [2.75, 3.05) is 32.7 Å². The standard InChI is InChI=1S/C21H25F2N3S/c1-2-11-24-21(27)26-14-12-25(13-15-26)20(16-3-7-18(22)8-4-16)17-5-9-19(23)10-6-17/h3-10,20H,2,11-15H2,1H3,(H,24,27). The fourth-order valence-electron chi connectivity index (χ4n) is 3.43. The Morgan fingerprint density at radius 3 is 1.85 bits per heavy atom. The molecule has 0 atom stereocenters. The van der Waals surface area contributed by atoms with Gasteiger partial charge in [0.05, 0.1) is 6.04 Å². The first-order valence-electron chi connectivity index (χ1n) is 9.36. The van der Waals surface area contributed by atoms with Crippen LogP contribution in [0, 0.1) is 11.6 Å². The van der Waals surface area contributed by atoms with Gasteiger partial charge in [-0.15, -0.1) is 0 Å². The lowest BCUT2D eigenvalue weighted by molar-refractivity contribution is 0.149. The lowest BCUT2D eigenvalue weighted by Crippen LogP contribution is -2.52. The highest BCUT2D eigenvalue weighted by atomic mass is 32.1. The van der Waals surface area contributed by atoms with Crippen molar-refractivity contribution >= 4 is 17.3 Å². The fourth-order valence-corrected chi connectivity index (χ4v) is 3.72. The number of nitrogens with zero attached hydrogens (tertiary/aromatic N) is 2. The van der Waals surface area contributed by atoms with Crippen molar-refractivity contribution in [3.8, 4) is 0 Å². The zero-order chi connectivity index (χ0) is 19.2. The molecule has 2 aromatic carbocycles. The molecule has 0 aromatic heterocycles. The number of rotatable bonds is 5. The Morgan fingerprint density at radius 1 is 0.926 bits per heavy atom. The molecule has 3 rings (SSSR count). The summed E-state index contributed by atoms with van der Waals surface area (Å²) in [5.74, 6) is -0.512. The van der Waals surface area contributed by atoms with Gasteiger partial charge in [0.15, 0.2) is 5.11 Å². The molecule has 1 saturated heterocycles. The van der Waals surface area contributed by atoms with Crippen molar-refractivity contribution in [2.24, 2.45) is 0 Å². The molecule has 3 nitrogen and oxygen atoms in total. The zero-order valence-corrected chi connectivity index (χ0v) is 16.3. The monoisotopic (exact) mass is 389 g/mol. The van der Waals surface area contributed by atoms with Gasteiger partial charge in [0.25, 0.3) is 0 Å². The SMILES string of the molecule is CCCNC(=S)N1CCN(C(c2ccc(F)cc2)c2ccc(F)cc2)CC1. The summed E-state index contributed by atoms with van der Waals surface area (Å²) in [6, 6.07) is 13.1. The number of thiocarbonyl (C=S) groups is 1. The van der Waals surface area contributed by atoms with Gasteiger partial charge < -0.3 is 10.2 Å². The topological polar surface area (TPSA) is 18.5 Å². The lowest BCUT2D eigenvalue weighted by Gasteiger charge is -2.40. The first kappa shape index (κ1) is 19.7. The number of benzene rings is 2. The van der Waals surface area contributed by atoms with Crippen molar-refractivity contribution < 1.29 is 8.78 Å². The number of nitrogens with one attached hydrogen (secondary N) is 1. The minimum absolute atomic E-state index is 0.0366. The summed E-state index contributed by atoms with van der Waals surface area (Å²) in [5, 5.41) is 4.08. The van der Waals surface area contributed by atoms with Gasteiger partial charge in [0.1, 0.15) is 11.6 Å². The molecule has 1 aliphatic heterocycles. The summed E-state index contributed by atoms with van der Waals surface area (Å²) in [6.07, 6.45) is 1.04. The van der Waals surface area contributed by atoms with E-state index in [4.69, 9.17) is 12.2 Å². The first-order chi connectivity index (χ1) is 13.1. The van der Waals surface area contributed by atoms with Crippen LogP contribution in [0.15, 0.2) is 48.5 Å². The van der Waals surface area contributed by atoms with Gasteiger partial charge in [0, 0.05) is 32.7 Å². The van der Waals surface area contributed by atoms with E-state index < -0.39 is 0 Å². The van der Waals surface area contributed by atoms with Gasteiger partial charge in [-0.25, -0.2) is 8.78 Å². The van der Waals surface area contributed by atoms with E-state index in [1.165, 1.54) is 24.3 Å². The largest absolute Gasteiger partial charge is 0.363 e. The summed E-state index contributed by atoms with van der Waals surface area (Å²) in [5.41, 5.74) is 2.01. The summed E-state index contributed by atoms with van der Waals surface area (Å²) >= 11 is 5.47. The van der Waals surface area contributed by atoms with Gasteiger partial charge in [-0.05, 0) is 54.0 Å². The van der Waals surface area contributed by atoms with Crippen LogP contribution in [0.4, 0.5) is 8.78 Å². The van der Waals surface area contributed by atoms with Crippen LogP contribution in [0.2, 0.25) is 0 Å². The maximum absolute atomic E-state index is 13.4. The van der Waals surface area contributed by atoms with Crippen LogP contribution < -0.4 is 5.32 Å². The van der Waals surface area contributed by atoms with Crippen LogP contribution in [0.1, 0.15) is 30.5 Å². The highest BCUT2D eigenvalue weighted by Gasteiger charge is 2.27. The van der Waals surface area contributed by atoms with Gasteiger partial charge >= 0.3 is 0 Å². The van der Waals surface area contributed by atoms with E-state index in [9.17, 15) is 8.78 Å². The maximum Gasteiger partial charge on any atom is 0.169 e. The third-order valence-corrected chi connectivity index (χ3v) is 5.27. The molecule has 0 spiro atoms. The van der Waals surface area contributed by atoms with Crippen LogP contribution in [-0.2, 0) is 0 Å². The molecule has 0 bridgehead atoms. The summed E-state index contributed by atoms with van der Waals surface area (Å²) in [7, 11) is 0. The Morgan fingerprint density at radius 2 is 1.41 bits per heavy atom. The van der Waals surface area contributed by atoms with Crippen molar-refractivity contribution in [1.82, 2.24) is 15.1 Å². The van der Waals surface area contributed by atoms with E-state index in [-0.39, 0.29) is 17.7 Å². The fraction of sp³-hybridized carbons (Fsp3) is 0.381. The van der Waals surface area contributed by atoms with Crippen LogP contribution >= 0.6 is 12.2 Å². The molecular formula is C21H25F2N3S. The molecule has 27 heavy (non-hydrogen) atoms. The van der Waals surface area contributed by atoms with Crippen LogP contribution in [0.25, 0.3) is 0 Å².